The van der Waals surface area contributed by atoms with Gasteiger partial charge in [0.25, 0.3) is 0 Å². The fourth-order valence-corrected chi connectivity index (χ4v) is 2.81. The van der Waals surface area contributed by atoms with E-state index in [2.05, 4.69) is 54.7 Å². The van der Waals surface area contributed by atoms with E-state index in [4.69, 9.17) is 0 Å². The predicted octanol–water partition coefficient (Wildman–Crippen LogP) is 3.32. The summed E-state index contributed by atoms with van der Waals surface area (Å²) < 4.78 is 1.96. The van der Waals surface area contributed by atoms with Gasteiger partial charge >= 0.3 is 0 Å². The molecule has 3 nitrogen and oxygen atoms in total. The molecule has 2 rings (SSSR count). The number of hydrogen-bond acceptors (Lipinski definition) is 3. The summed E-state index contributed by atoms with van der Waals surface area (Å²) in [5, 5.41) is 7.71. The third kappa shape index (κ3) is 3.39. The van der Waals surface area contributed by atoms with Gasteiger partial charge in [0.05, 0.1) is 12.2 Å². The first-order valence-corrected chi connectivity index (χ1v) is 7.69. The molecule has 0 spiro atoms. The molecule has 0 saturated carbocycles. The van der Waals surface area contributed by atoms with Gasteiger partial charge in [-0.05, 0) is 37.4 Å². The molecular formula is C15H21N3S. The molecule has 1 unspecified atom stereocenters. The van der Waals surface area contributed by atoms with E-state index in [1.54, 1.807) is 0 Å². The third-order valence-electron chi connectivity index (χ3n) is 3.12. The van der Waals surface area contributed by atoms with E-state index in [-0.39, 0.29) is 6.04 Å². The number of aromatic nitrogens is 2. The van der Waals surface area contributed by atoms with Crippen molar-refractivity contribution in [2.24, 2.45) is 0 Å². The van der Waals surface area contributed by atoms with Crippen LogP contribution in [-0.2, 0) is 6.54 Å². The molecule has 19 heavy (non-hydrogen) atoms. The highest BCUT2D eigenvalue weighted by Gasteiger charge is 2.13. The van der Waals surface area contributed by atoms with Crippen molar-refractivity contribution in [3.8, 4) is 0 Å². The van der Waals surface area contributed by atoms with E-state index in [0.717, 1.165) is 12.3 Å². The van der Waals surface area contributed by atoms with Crippen LogP contribution in [0.3, 0.4) is 0 Å². The van der Waals surface area contributed by atoms with Crippen LogP contribution in [0.2, 0.25) is 0 Å². The van der Waals surface area contributed by atoms with E-state index in [0.29, 0.717) is 0 Å². The maximum atomic E-state index is 4.35. The van der Waals surface area contributed by atoms with Gasteiger partial charge in [0.15, 0.2) is 0 Å². The SMILES string of the molecule is CCSc1ccc(C(NC)c2cnn(CC)c2)cc1. The number of nitrogens with zero attached hydrogens (tertiary/aromatic N) is 2. The molecule has 1 aromatic heterocycles. The van der Waals surface area contributed by atoms with Gasteiger partial charge in [-0.25, -0.2) is 0 Å². The standard InChI is InChI=1S/C15H21N3S/c1-4-18-11-13(10-17-18)15(16-3)12-6-8-14(9-7-12)19-5-2/h6-11,15-16H,4-5H2,1-3H3. The Morgan fingerprint density at radius 3 is 2.47 bits per heavy atom. The Balaban J connectivity index is 2.21. The van der Waals surface area contributed by atoms with Gasteiger partial charge in [-0.2, -0.15) is 5.10 Å². The van der Waals surface area contributed by atoms with Crippen LogP contribution in [-0.4, -0.2) is 22.6 Å². The summed E-state index contributed by atoms with van der Waals surface area (Å²) in [7, 11) is 1.99. The topological polar surface area (TPSA) is 29.9 Å². The van der Waals surface area contributed by atoms with Crippen LogP contribution in [0, 0.1) is 0 Å². The normalized spacial score (nSPS) is 12.6. The van der Waals surface area contributed by atoms with Crippen LogP contribution in [0.4, 0.5) is 0 Å². The molecule has 1 atom stereocenters. The van der Waals surface area contributed by atoms with Crippen molar-refractivity contribution in [2.45, 2.75) is 31.3 Å². The van der Waals surface area contributed by atoms with E-state index >= 15 is 0 Å². The Morgan fingerprint density at radius 1 is 1.21 bits per heavy atom. The minimum atomic E-state index is 0.209. The van der Waals surface area contributed by atoms with Crippen LogP contribution in [0.15, 0.2) is 41.6 Å². The Morgan fingerprint density at radius 2 is 1.95 bits per heavy atom. The first kappa shape index (κ1) is 14.2. The predicted molar refractivity (Wildman–Crippen MR) is 81.6 cm³/mol. The van der Waals surface area contributed by atoms with E-state index in [1.165, 1.54) is 16.0 Å². The molecule has 0 radical (unpaired) electrons. The Bertz CT molecular complexity index is 504. The molecule has 1 N–H and O–H groups in total. The molecule has 0 bridgehead atoms. The smallest absolute Gasteiger partial charge is 0.0605 e. The Kier molecular flexibility index (Phi) is 5.05. The lowest BCUT2D eigenvalue weighted by Gasteiger charge is -2.15. The van der Waals surface area contributed by atoms with Gasteiger partial charge in [-0.1, -0.05) is 19.1 Å². The lowest BCUT2D eigenvalue weighted by molar-refractivity contribution is 0.653. The maximum absolute atomic E-state index is 4.35. The van der Waals surface area contributed by atoms with Crippen molar-refractivity contribution >= 4 is 11.8 Å². The number of hydrogen-bond donors (Lipinski definition) is 1. The number of rotatable bonds is 6. The summed E-state index contributed by atoms with van der Waals surface area (Å²) in [5.74, 6) is 1.11. The van der Waals surface area contributed by atoms with Gasteiger partial charge in [-0.3, -0.25) is 4.68 Å². The lowest BCUT2D eigenvalue weighted by atomic mass is 10.0. The molecule has 102 valence electrons. The van der Waals surface area contributed by atoms with Crippen molar-refractivity contribution in [1.29, 1.82) is 0 Å². The Hall–Kier alpha value is -1.26. The zero-order valence-corrected chi connectivity index (χ0v) is 12.6. The maximum Gasteiger partial charge on any atom is 0.0605 e. The fourth-order valence-electron chi connectivity index (χ4n) is 2.15. The van der Waals surface area contributed by atoms with Crippen LogP contribution in [0.5, 0.6) is 0 Å². The molecule has 0 aliphatic carbocycles. The zero-order chi connectivity index (χ0) is 13.7. The fraction of sp³-hybridized carbons (Fsp3) is 0.400. The second kappa shape index (κ2) is 6.78. The van der Waals surface area contributed by atoms with Crippen molar-refractivity contribution < 1.29 is 0 Å². The molecule has 0 aliphatic heterocycles. The number of nitrogens with one attached hydrogen (secondary N) is 1. The molecule has 0 saturated heterocycles. The third-order valence-corrected chi connectivity index (χ3v) is 4.02. The monoisotopic (exact) mass is 275 g/mol. The van der Waals surface area contributed by atoms with Crippen LogP contribution >= 0.6 is 11.8 Å². The van der Waals surface area contributed by atoms with Gasteiger partial charge < -0.3 is 5.32 Å². The summed E-state index contributed by atoms with van der Waals surface area (Å²) in [6.45, 7) is 5.18. The van der Waals surface area contributed by atoms with E-state index < -0.39 is 0 Å². The van der Waals surface area contributed by atoms with Crippen molar-refractivity contribution in [3.05, 3.63) is 47.8 Å². The van der Waals surface area contributed by atoms with Gasteiger partial charge in [0.2, 0.25) is 0 Å². The number of benzene rings is 1. The summed E-state index contributed by atoms with van der Waals surface area (Å²) in [6, 6.07) is 8.99. The quantitative estimate of drug-likeness (QED) is 0.820. The lowest BCUT2D eigenvalue weighted by Crippen LogP contribution is -2.17. The average molecular weight is 275 g/mol. The first-order chi connectivity index (χ1) is 9.28. The summed E-state index contributed by atoms with van der Waals surface area (Å²) >= 11 is 1.87. The minimum absolute atomic E-state index is 0.209. The van der Waals surface area contributed by atoms with Gasteiger partial charge in [-0.15, -0.1) is 11.8 Å². The average Bonchev–Trinajstić information content (AvgIpc) is 2.91. The highest BCUT2D eigenvalue weighted by Crippen LogP contribution is 2.24. The van der Waals surface area contributed by atoms with Gasteiger partial charge in [0, 0.05) is 23.2 Å². The molecule has 4 heteroatoms. The van der Waals surface area contributed by atoms with Crippen molar-refractivity contribution in [3.63, 3.8) is 0 Å². The van der Waals surface area contributed by atoms with E-state index in [1.807, 2.05) is 29.7 Å². The van der Waals surface area contributed by atoms with Gasteiger partial charge in [0.1, 0.15) is 0 Å². The largest absolute Gasteiger partial charge is 0.309 e. The molecule has 0 fully saturated rings. The molecule has 0 aliphatic rings. The molecule has 1 aromatic carbocycles. The zero-order valence-electron chi connectivity index (χ0n) is 11.8. The highest BCUT2D eigenvalue weighted by atomic mass is 32.2. The summed E-state index contributed by atoms with van der Waals surface area (Å²) in [5.41, 5.74) is 2.49. The highest BCUT2D eigenvalue weighted by molar-refractivity contribution is 7.99. The molecule has 2 aromatic rings. The molecule has 0 amide bonds. The molecular weight excluding hydrogens is 254 g/mol. The number of aryl methyl sites for hydroxylation is 1. The summed E-state index contributed by atoms with van der Waals surface area (Å²) in [4.78, 5) is 1.32. The first-order valence-electron chi connectivity index (χ1n) is 6.70. The second-order valence-electron chi connectivity index (χ2n) is 4.35. The second-order valence-corrected chi connectivity index (χ2v) is 5.69. The number of thioether (sulfide) groups is 1. The van der Waals surface area contributed by atoms with Crippen molar-refractivity contribution in [1.82, 2.24) is 15.1 Å². The van der Waals surface area contributed by atoms with Crippen LogP contribution < -0.4 is 5.32 Å². The van der Waals surface area contributed by atoms with Crippen molar-refractivity contribution in [2.75, 3.05) is 12.8 Å². The van der Waals surface area contributed by atoms with Crippen LogP contribution in [0.1, 0.15) is 31.0 Å². The minimum Gasteiger partial charge on any atom is -0.309 e. The Labute approximate surface area is 119 Å². The molecule has 1 heterocycles. The van der Waals surface area contributed by atoms with E-state index in [9.17, 15) is 0 Å². The van der Waals surface area contributed by atoms with Crippen LogP contribution in [0.25, 0.3) is 0 Å². The summed E-state index contributed by atoms with van der Waals surface area (Å²) in [6.07, 6.45) is 4.05.